The van der Waals surface area contributed by atoms with Crippen LogP contribution in [0.1, 0.15) is 17.3 Å². The number of hydrogen-bond donors (Lipinski definition) is 3. The van der Waals surface area contributed by atoms with Crippen LogP contribution in [0, 0.1) is 0 Å². The molecular formula is C20H18N4O4. The lowest BCUT2D eigenvalue weighted by atomic mass is 10.2. The lowest BCUT2D eigenvalue weighted by Crippen LogP contribution is -2.16. The van der Waals surface area contributed by atoms with Gasteiger partial charge >= 0.3 is 5.97 Å². The molecule has 2 amide bonds. The first kappa shape index (κ1) is 18.8. The first-order valence-electron chi connectivity index (χ1n) is 8.38. The minimum absolute atomic E-state index is 0.233. The predicted octanol–water partition coefficient (Wildman–Crippen LogP) is 2.87. The van der Waals surface area contributed by atoms with E-state index < -0.39 is 17.8 Å². The number of aromatic amines is 1. The number of carbonyl (C=O) groups excluding carboxylic acids is 3. The maximum absolute atomic E-state index is 12.3. The number of benzene rings is 2. The third-order valence-corrected chi connectivity index (χ3v) is 3.98. The van der Waals surface area contributed by atoms with Crippen LogP contribution in [0.2, 0.25) is 0 Å². The van der Waals surface area contributed by atoms with Crippen LogP contribution in [0.3, 0.4) is 0 Å². The zero-order chi connectivity index (χ0) is 20.1. The molecule has 0 aliphatic carbocycles. The van der Waals surface area contributed by atoms with Gasteiger partial charge in [-0.2, -0.15) is 5.10 Å². The van der Waals surface area contributed by atoms with E-state index in [-0.39, 0.29) is 5.57 Å². The van der Waals surface area contributed by atoms with Gasteiger partial charge in [-0.15, -0.1) is 0 Å². The second kappa shape index (κ2) is 8.17. The van der Waals surface area contributed by atoms with E-state index in [1.165, 1.54) is 20.1 Å². The zero-order valence-corrected chi connectivity index (χ0v) is 15.3. The van der Waals surface area contributed by atoms with Gasteiger partial charge in [-0.3, -0.25) is 14.7 Å². The van der Waals surface area contributed by atoms with Crippen LogP contribution < -0.4 is 10.6 Å². The van der Waals surface area contributed by atoms with E-state index in [0.29, 0.717) is 16.9 Å². The third kappa shape index (κ3) is 4.42. The first-order chi connectivity index (χ1) is 13.5. The van der Waals surface area contributed by atoms with Gasteiger partial charge in [0.1, 0.15) is 0 Å². The Morgan fingerprint density at radius 1 is 1.04 bits per heavy atom. The maximum atomic E-state index is 12.3. The average molecular weight is 378 g/mol. The van der Waals surface area contributed by atoms with Crippen molar-refractivity contribution in [3.05, 3.63) is 65.9 Å². The van der Waals surface area contributed by atoms with Gasteiger partial charge < -0.3 is 15.4 Å². The fraction of sp³-hybridized carbons (Fsp3) is 0.100. The molecule has 0 bridgehead atoms. The second-order valence-electron chi connectivity index (χ2n) is 6.01. The molecule has 0 unspecified atom stereocenters. The molecule has 1 aromatic heterocycles. The van der Waals surface area contributed by atoms with Crippen molar-refractivity contribution in [2.45, 2.75) is 6.92 Å². The van der Waals surface area contributed by atoms with Gasteiger partial charge in [-0.05, 0) is 49.4 Å². The van der Waals surface area contributed by atoms with E-state index in [1.54, 1.807) is 42.6 Å². The smallest absolute Gasteiger partial charge is 0.337 e. The molecule has 0 aliphatic rings. The van der Waals surface area contributed by atoms with Crippen LogP contribution in [0.4, 0.5) is 11.4 Å². The topological polar surface area (TPSA) is 113 Å². The van der Waals surface area contributed by atoms with E-state index in [9.17, 15) is 14.4 Å². The Labute approximate surface area is 160 Å². The summed E-state index contributed by atoms with van der Waals surface area (Å²) in [4.78, 5) is 35.8. The van der Waals surface area contributed by atoms with Crippen molar-refractivity contribution in [1.29, 1.82) is 0 Å². The lowest BCUT2D eigenvalue weighted by molar-refractivity contribution is -0.114. The second-order valence-corrected chi connectivity index (χ2v) is 6.01. The van der Waals surface area contributed by atoms with Crippen LogP contribution in [0.5, 0.6) is 0 Å². The molecule has 3 N–H and O–H groups in total. The minimum atomic E-state index is -0.459. The number of aromatic nitrogens is 2. The zero-order valence-electron chi connectivity index (χ0n) is 15.3. The number of methoxy groups -OCH3 is 1. The Morgan fingerprint density at radius 3 is 2.46 bits per heavy atom. The fourth-order valence-corrected chi connectivity index (χ4v) is 2.49. The molecule has 3 aromatic rings. The summed E-state index contributed by atoms with van der Waals surface area (Å²) in [6.45, 7) is 1.54. The van der Waals surface area contributed by atoms with Crippen molar-refractivity contribution in [2.75, 3.05) is 17.7 Å². The van der Waals surface area contributed by atoms with E-state index in [1.807, 2.05) is 6.07 Å². The number of fused-ring (bicyclic) bond motifs is 1. The number of ether oxygens (including phenoxy) is 1. The SMILES string of the molecule is COC(=O)c1ccc(NC(=O)/C(C)=C/C(=O)Nc2ccc3cn[nH]c3c2)cc1. The molecule has 0 atom stereocenters. The van der Waals surface area contributed by atoms with Crippen LogP contribution in [0.25, 0.3) is 10.9 Å². The quantitative estimate of drug-likeness (QED) is 0.467. The van der Waals surface area contributed by atoms with Gasteiger partial charge in [0.25, 0.3) is 5.91 Å². The summed E-state index contributed by atoms with van der Waals surface area (Å²) in [5.41, 5.74) is 2.49. The predicted molar refractivity (Wildman–Crippen MR) is 105 cm³/mol. The van der Waals surface area contributed by atoms with Gasteiger partial charge in [0.15, 0.2) is 0 Å². The largest absolute Gasteiger partial charge is 0.465 e. The molecule has 0 saturated heterocycles. The number of rotatable bonds is 5. The standard InChI is InChI=1S/C20H18N4O4/c1-12(19(26)23-15-6-3-13(4-7-15)20(27)28-2)9-18(25)22-16-8-5-14-11-21-24-17(14)10-16/h3-11H,1-2H3,(H,21,24)(H,22,25)(H,23,26)/b12-9+. The van der Waals surface area contributed by atoms with Gasteiger partial charge in [0.2, 0.25) is 5.91 Å². The molecular weight excluding hydrogens is 360 g/mol. The Morgan fingerprint density at radius 2 is 1.75 bits per heavy atom. The number of nitrogens with zero attached hydrogens (tertiary/aromatic N) is 1. The lowest BCUT2D eigenvalue weighted by Gasteiger charge is -2.07. The number of nitrogens with one attached hydrogen (secondary N) is 3. The Balaban J connectivity index is 1.62. The number of H-pyrrole nitrogens is 1. The molecule has 2 aromatic carbocycles. The molecule has 0 spiro atoms. The van der Waals surface area contributed by atoms with Crippen LogP contribution in [0.15, 0.2) is 60.3 Å². The highest BCUT2D eigenvalue weighted by molar-refractivity contribution is 6.10. The molecule has 0 saturated carbocycles. The first-order valence-corrected chi connectivity index (χ1v) is 8.38. The van der Waals surface area contributed by atoms with Crippen LogP contribution in [-0.4, -0.2) is 35.1 Å². The number of carbonyl (C=O) groups is 3. The maximum Gasteiger partial charge on any atom is 0.337 e. The Bertz CT molecular complexity index is 1070. The molecule has 28 heavy (non-hydrogen) atoms. The molecule has 8 nitrogen and oxygen atoms in total. The van der Waals surface area contributed by atoms with E-state index in [0.717, 1.165) is 10.9 Å². The molecule has 1 heterocycles. The number of hydrogen-bond acceptors (Lipinski definition) is 5. The third-order valence-electron chi connectivity index (χ3n) is 3.98. The molecule has 8 heteroatoms. The van der Waals surface area contributed by atoms with Gasteiger partial charge in [-0.25, -0.2) is 4.79 Å². The monoisotopic (exact) mass is 378 g/mol. The summed E-state index contributed by atoms with van der Waals surface area (Å²) in [5, 5.41) is 13.1. The van der Waals surface area contributed by atoms with E-state index in [4.69, 9.17) is 0 Å². The summed E-state index contributed by atoms with van der Waals surface area (Å²) in [5.74, 6) is -1.31. The van der Waals surface area contributed by atoms with Crippen molar-refractivity contribution in [2.24, 2.45) is 0 Å². The molecule has 142 valence electrons. The van der Waals surface area contributed by atoms with Crippen LogP contribution in [-0.2, 0) is 14.3 Å². The molecule has 0 aliphatic heterocycles. The van der Waals surface area contributed by atoms with Crippen molar-refractivity contribution >= 4 is 40.1 Å². The normalized spacial score (nSPS) is 11.1. The summed E-state index contributed by atoms with van der Waals surface area (Å²) in [6.07, 6.45) is 2.91. The number of amides is 2. The van der Waals surface area contributed by atoms with Crippen LogP contribution >= 0.6 is 0 Å². The van der Waals surface area contributed by atoms with Crippen molar-refractivity contribution < 1.29 is 19.1 Å². The number of esters is 1. The van der Waals surface area contributed by atoms with E-state index >= 15 is 0 Å². The van der Waals surface area contributed by atoms with Crippen molar-refractivity contribution in [3.63, 3.8) is 0 Å². The highest BCUT2D eigenvalue weighted by Crippen LogP contribution is 2.17. The van der Waals surface area contributed by atoms with Crippen molar-refractivity contribution in [1.82, 2.24) is 10.2 Å². The Kier molecular flexibility index (Phi) is 5.50. The van der Waals surface area contributed by atoms with Crippen molar-refractivity contribution in [3.8, 4) is 0 Å². The number of anilines is 2. The minimum Gasteiger partial charge on any atom is -0.465 e. The summed E-state index contributed by atoms with van der Waals surface area (Å²) >= 11 is 0. The van der Waals surface area contributed by atoms with Gasteiger partial charge in [0, 0.05) is 28.4 Å². The Hall–Kier alpha value is -3.94. The molecule has 0 fully saturated rings. The summed E-state index contributed by atoms with van der Waals surface area (Å²) in [7, 11) is 1.30. The molecule has 0 radical (unpaired) electrons. The van der Waals surface area contributed by atoms with E-state index in [2.05, 4.69) is 25.6 Å². The highest BCUT2D eigenvalue weighted by atomic mass is 16.5. The summed E-state index contributed by atoms with van der Waals surface area (Å²) < 4.78 is 4.62. The molecule has 3 rings (SSSR count). The fourth-order valence-electron chi connectivity index (χ4n) is 2.49. The average Bonchev–Trinajstić information content (AvgIpc) is 3.15. The highest BCUT2D eigenvalue weighted by Gasteiger charge is 2.10. The van der Waals surface area contributed by atoms with Gasteiger partial charge in [0.05, 0.1) is 24.4 Å². The summed E-state index contributed by atoms with van der Waals surface area (Å²) in [6, 6.07) is 11.6. The van der Waals surface area contributed by atoms with Gasteiger partial charge in [-0.1, -0.05) is 0 Å².